The molecule has 0 aliphatic heterocycles. The smallest absolute Gasteiger partial charge is 0.209 e. The van der Waals surface area contributed by atoms with Gasteiger partial charge in [-0.05, 0) is 31.6 Å². The molecule has 0 unspecified atom stereocenters. The molecule has 0 radical (unpaired) electrons. The molecule has 126 valence electrons. The second-order valence-electron chi connectivity index (χ2n) is 6.45. The molecule has 0 bridgehead atoms. The standard InChI is InChI=1S/C19H19N5O/c1-24-17(13-7-3-2-4-8-13)23-15-16(20)21-14(22-18(15)24)9-12-19(25)10-5-6-11-19/h2-4,7-8,25H,5-6,10-11H2,1H3,(H2,20,21,22). The Labute approximate surface area is 145 Å². The van der Waals surface area contributed by atoms with E-state index >= 15 is 0 Å². The Morgan fingerprint density at radius 3 is 2.56 bits per heavy atom. The number of anilines is 1. The fourth-order valence-electron chi connectivity index (χ4n) is 3.24. The van der Waals surface area contributed by atoms with E-state index in [2.05, 4.69) is 26.8 Å². The molecule has 2 aromatic heterocycles. The summed E-state index contributed by atoms with van der Waals surface area (Å²) in [5, 5.41) is 10.4. The summed E-state index contributed by atoms with van der Waals surface area (Å²) in [6.45, 7) is 0. The number of fused-ring (bicyclic) bond motifs is 1. The number of hydrogen-bond acceptors (Lipinski definition) is 5. The van der Waals surface area contributed by atoms with Gasteiger partial charge in [-0.15, -0.1) is 0 Å². The zero-order chi connectivity index (χ0) is 17.4. The van der Waals surface area contributed by atoms with Crippen LogP contribution in [0.25, 0.3) is 22.6 Å². The first-order valence-corrected chi connectivity index (χ1v) is 8.37. The average molecular weight is 333 g/mol. The molecule has 1 saturated carbocycles. The van der Waals surface area contributed by atoms with E-state index in [0.717, 1.165) is 24.2 Å². The van der Waals surface area contributed by atoms with Gasteiger partial charge >= 0.3 is 0 Å². The highest BCUT2D eigenvalue weighted by Crippen LogP contribution is 2.29. The topological polar surface area (TPSA) is 89.9 Å². The summed E-state index contributed by atoms with van der Waals surface area (Å²) in [5.41, 5.74) is 7.33. The van der Waals surface area contributed by atoms with E-state index in [1.54, 1.807) is 0 Å². The number of nitrogens with two attached hydrogens (primary N) is 1. The molecule has 1 aliphatic rings. The number of nitrogens with zero attached hydrogens (tertiary/aromatic N) is 4. The third-order valence-electron chi connectivity index (χ3n) is 4.62. The van der Waals surface area contributed by atoms with Gasteiger partial charge in [0.25, 0.3) is 0 Å². The minimum Gasteiger partial charge on any atom is -0.382 e. The third-order valence-corrected chi connectivity index (χ3v) is 4.62. The maximum absolute atomic E-state index is 10.4. The number of imidazole rings is 1. The van der Waals surface area contributed by atoms with Gasteiger partial charge in [-0.2, -0.15) is 0 Å². The maximum atomic E-state index is 10.4. The lowest BCUT2D eigenvalue weighted by Crippen LogP contribution is -2.20. The van der Waals surface area contributed by atoms with Gasteiger partial charge in [0.1, 0.15) is 11.4 Å². The molecule has 6 nitrogen and oxygen atoms in total. The van der Waals surface area contributed by atoms with Crippen molar-refractivity contribution in [2.45, 2.75) is 31.3 Å². The Hall–Kier alpha value is -2.91. The van der Waals surface area contributed by atoms with Crippen LogP contribution in [0.4, 0.5) is 5.82 Å². The van der Waals surface area contributed by atoms with Crippen molar-refractivity contribution in [3.05, 3.63) is 36.2 Å². The van der Waals surface area contributed by atoms with Crippen molar-refractivity contribution in [1.82, 2.24) is 19.5 Å². The highest BCUT2D eigenvalue weighted by Gasteiger charge is 2.28. The van der Waals surface area contributed by atoms with E-state index in [4.69, 9.17) is 5.73 Å². The molecule has 0 saturated heterocycles. The van der Waals surface area contributed by atoms with Crippen LogP contribution in [0.15, 0.2) is 30.3 Å². The van der Waals surface area contributed by atoms with Crippen LogP contribution in [0.5, 0.6) is 0 Å². The zero-order valence-electron chi connectivity index (χ0n) is 14.0. The number of nitrogen functional groups attached to an aromatic ring is 1. The molecule has 3 aromatic rings. The molecule has 0 spiro atoms. The fourth-order valence-corrected chi connectivity index (χ4v) is 3.24. The maximum Gasteiger partial charge on any atom is 0.209 e. The van der Waals surface area contributed by atoms with Gasteiger partial charge in [0.2, 0.25) is 5.82 Å². The van der Waals surface area contributed by atoms with Crippen molar-refractivity contribution in [2.24, 2.45) is 7.05 Å². The summed E-state index contributed by atoms with van der Waals surface area (Å²) in [6, 6.07) is 9.86. The van der Waals surface area contributed by atoms with Gasteiger partial charge in [-0.25, -0.2) is 15.0 Å². The number of hydrogen-bond donors (Lipinski definition) is 2. The first-order chi connectivity index (χ1) is 12.1. The van der Waals surface area contributed by atoms with E-state index in [-0.39, 0.29) is 0 Å². The molecule has 1 aromatic carbocycles. The van der Waals surface area contributed by atoms with Gasteiger partial charge in [0.15, 0.2) is 17.0 Å². The molecule has 1 aliphatic carbocycles. The number of aryl methyl sites for hydroxylation is 1. The summed E-state index contributed by atoms with van der Waals surface area (Å²) in [7, 11) is 1.89. The molecule has 2 heterocycles. The largest absolute Gasteiger partial charge is 0.382 e. The molecule has 0 atom stereocenters. The van der Waals surface area contributed by atoms with E-state index in [9.17, 15) is 5.11 Å². The SMILES string of the molecule is Cn1c(-c2ccccc2)nc2c(N)nc(C#CC3(O)CCCC3)nc21. The summed E-state index contributed by atoms with van der Waals surface area (Å²) in [6.07, 6.45) is 3.38. The Balaban J connectivity index is 1.80. The summed E-state index contributed by atoms with van der Waals surface area (Å²) in [5.74, 6) is 7.20. The van der Waals surface area contributed by atoms with Gasteiger partial charge in [-0.1, -0.05) is 36.3 Å². The molecular weight excluding hydrogens is 314 g/mol. The monoisotopic (exact) mass is 333 g/mol. The van der Waals surface area contributed by atoms with Crippen LogP contribution in [0, 0.1) is 11.8 Å². The third kappa shape index (κ3) is 2.83. The number of aliphatic hydroxyl groups is 1. The van der Waals surface area contributed by atoms with Gasteiger partial charge in [0, 0.05) is 12.6 Å². The molecular formula is C19H19N5O. The molecule has 25 heavy (non-hydrogen) atoms. The number of benzene rings is 1. The Bertz CT molecular complexity index is 991. The van der Waals surface area contributed by atoms with E-state index in [0.29, 0.717) is 35.6 Å². The van der Waals surface area contributed by atoms with Crippen LogP contribution in [0.2, 0.25) is 0 Å². The van der Waals surface area contributed by atoms with Gasteiger partial charge in [-0.3, -0.25) is 0 Å². The van der Waals surface area contributed by atoms with Crippen molar-refractivity contribution < 1.29 is 5.11 Å². The average Bonchev–Trinajstić information content (AvgIpc) is 3.19. The van der Waals surface area contributed by atoms with Crippen LogP contribution in [-0.4, -0.2) is 30.2 Å². The normalized spacial score (nSPS) is 15.9. The summed E-state index contributed by atoms with van der Waals surface area (Å²) in [4.78, 5) is 13.3. The van der Waals surface area contributed by atoms with Gasteiger partial charge in [0.05, 0.1) is 0 Å². The lowest BCUT2D eigenvalue weighted by molar-refractivity contribution is 0.110. The van der Waals surface area contributed by atoms with Crippen molar-refractivity contribution in [3.63, 3.8) is 0 Å². The highest BCUT2D eigenvalue weighted by molar-refractivity contribution is 5.85. The quantitative estimate of drug-likeness (QED) is 0.667. The van der Waals surface area contributed by atoms with Crippen LogP contribution in [-0.2, 0) is 7.05 Å². The fraction of sp³-hybridized carbons (Fsp3) is 0.316. The Morgan fingerprint density at radius 2 is 1.84 bits per heavy atom. The van der Waals surface area contributed by atoms with Crippen molar-refractivity contribution >= 4 is 17.0 Å². The molecule has 1 fully saturated rings. The number of aromatic nitrogens is 4. The van der Waals surface area contributed by atoms with Crippen LogP contribution in [0.1, 0.15) is 31.5 Å². The van der Waals surface area contributed by atoms with Crippen LogP contribution >= 0.6 is 0 Å². The molecule has 6 heteroatoms. The van der Waals surface area contributed by atoms with Crippen LogP contribution in [0.3, 0.4) is 0 Å². The van der Waals surface area contributed by atoms with E-state index < -0.39 is 5.60 Å². The lowest BCUT2D eigenvalue weighted by atomic mass is 10.0. The Morgan fingerprint density at radius 1 is 1.12 bits per heavy atom. The van der Waals surface area contributed by atoms with Gasteiger partial charge < -0.3 is 15.4 Å². The first-order valence-electron chi connectivity index (χ1n) is 8.37. The summed E-state index contributed by atoms with van der Waals surface area (Å²) < 4.78 is 1.89. The Kier molecular flexibility index (Phi) is 3.66. The first kappa shape index (κ1) is 15.6. The predicted molar refractivity (Wildman–Crippen MR) is 96.4 cm³/mol. The van der Waals surface area contributed by atoms with E-state index in [1.807, 2.05) is 41.9 Å². The minimum absolute atomic E-state index is 0.297. The predicted octanol–water partition coefficient (Wildman–Crippen LogP) is 2.27. The molecule has 0 amide bonds. The second kappa shape index (κ2) is 5.87. The second-order valence-corrected chi connectivity index (χ2v) is 6.45. The van der Waals surface area contributed by atoms with Crippen molar-refractivity contribution in [2.75, 3.05) is 5.73 Å². The van der Waals surface area contributed by atoms with Crippen molar-refractivity contribution in [3.8, 4) is 23.2 Å². The minimum atomic E-state index is -0.922. The lowest BCUT2D eigenvalue weighted by Gasteiger charge is -2.12. The van der Waals surface area contributed by atoms with Crippen LogP contribution < -0.4 is 5.73 Å². The highest BCUT2D eigenvalue weighted by atomic mass is 16.3. The number of rotatable bonds is 1. The summed E-state index contributed by atoms with van der Waals surface area (Å²) >= 11 is 0. The molecule has 3 N–H and O–H groups in total. The van der Waals surface area contributed by atoms with Crippen molar-refractivity contribution in [1.29, 1.82) is 0 Å². The molecule has 4 rings (SSSR count). The zero-order valence-corrected chi connectivity index (χ0v) is 14.0. The van der Waals surface area contributed by atoms with E-state index in [1.165, 1.54) is 0 Å².